The van der Waals surface area contributed by atoms with Gasteiger partial charge in [0.25, 0.3) is 5.91 Å². The van der Waals surface area contributed by atoms with Gasteiger partial charge in [0.1, 0.15) is 4.88 Å². The Hall–Kier alpha value is -1.45. The van der Waals surface area contributed by atoms with Gasteiger partial charge in [0.15, 0.2) is 0 Å². The predicted molar refractivity (Wildman–Crippen MR) is 74.0 cm³/mol. The van der Waals surface area contributed by atoms with E-state index in [1.165, 1.54) is 11.3 Å². The Labute approximate surface area is 117 Å². The lowest BCUT2D eigenvalue weighted by Crippen LogP contribution is -2.51. The molecule has 102 valence electrons. The van der Waals surface area contributed by atoms with Crippen molar-refractivity contribution in [3.05, 3.63) is 16.1 Å². The van der Waals surface area contributed by atoms with Gasteiger partial charge in [-0.15, -0.1) is 11.3 Å². The molecule has 1 aromatic rings. The van der Waals surface area contributed by atoms with Crippen LogP contribution in [0.15, 0.2) is 6.20 Å². The minimum Gasteiger partial charge on any atom is -0.335 e. The minimum atomic E-state index is -0.0251. The summed E-state index contributed by atoms with van der Waals surface area (Å²) in [5.41, 5.74) is 0. The van der Waals surface area contributed by atoms with Crippen LogP contribution in [0, 0.1) is 18.3 Å². The molecule has 0 spiro atoms. The summed E-state index contributed by atoms with van der Waals surface area (Å²) in [7, 11) is 0. The molecule has 2 heterocycles. The van der Waals surface area contributed by atoms with Gasteiger partial charge in [0.05, 0.1) is 23.3 Å². The van der Waals surface area contributed by atoms with Crippen LogP contribution >= 0.6 is 11.3 Å². The number of hydrogen-bond acceptors (Lipinski definition) is 5. The molecule has 6 heteroatoms. The Morgan fingerprint density at radius 2 is 2.21 bits per heavy atom. The summed E-state index contributed by atoms with van der Waals surface area (Å²) in [6.45, 7) is 6.84. The lowest BCUT2D eigenvalue weighted by Gasteiger charge is -2.36. The molecule has 1 unspecified atom stereocenters. The van der Waals surface area contributed by atoms with Crippen molar-refractivity contribution in [2.24, 2.45) is 0 Å². The monoisotopic (exact) mass is 278 g/mol. The molecule has 0 radical (unpaired) electrons. The molecule has 1 aromatic heterocycles. The van der Waals surface area contributed by atoms with Crippen molar-refractivity contribution >= 4 is 17.2 Å². The fraction of sp³-hybridized carbons (Fsp3) is 0.615. The SMILES string of the molecule is CCC(C#N)N1CCN(C(=O)c2cnc(C)s2)CC1. The molecule has 19 heavy (non-hydrogen) atoms. The van der Waals surface area contributed by atoms with Gasteiger partial charge >= 0.3 is 0 Å². The largest absolute Gasteiger partial charge is 0.335 e. The number of nitrogens with zero attached hydrogens (tertiary/aromatic N) is 4. The lowest BCUT2D eigenvalue weighted by atomic mass is 10.2. The molecule has 0 N–H and O–H groups in total. The highest BCUT2D eigenvalue weighted by atomic mass is 32.1. The van der Waals surface area contributed by atoms with Crippen LogP contribution in [-0.4, -0.2) is 52.9 Å². The van der Waals surface area contributed by atoms with E-state index in [4.69, 9.17) is 5.26 Å². The Morgan fingerprint density at radius 3 is 2.68 bits per heavy atom. The van der Waals surface area contributed by atoms with E-state index in [-0.39, 0.29) is 11.9 Å². The summed E-state index contributed by atoms with van der Waals surface area (Å²) in [5, 5.41) is 9.97. The summed E-state index contributed by atoms with van der Waals surface area (Å²) in [4.78, 5) is 21.1. The fourth-order valence-electron chi connectivity index (χ4n) is 2.28. The van der Waals surface area contributed by atoms with E-state index in [1.54, 1.807) is 6.20 Å². The van der Waals surface area contributed by atoms with Crippen LogP contribution in [-0.2, 0) is 0 Å². The third kappa shape index (κ3) is 3.11. The molecule has 1 saturated heterocycles. The van der Waals surface area contributed by atoms with Crippen molar-refractivity contribution in [3.8, 4) is 6.07 Å². The number of aromatic nitrogens is 1. The number of amides is 1. The third-order valence-corrected chi connectivity index (χ3v) is 4.31. The molecule has 1 aliphatic rings. The standard InChI is InChI=1S/C13H18N4OS/c1-3-11(8-14)16-4-6-17(7-5-16)13(18)12-9-15-10(2)19-12/h9,11H,3-7H2,1-2H3. The normalized spacial score (nSPS) is 18.1. The number of hydrogen-bond donors (Lipinski definition) is 0. The van der Waals surface area contributed by atoms with Crippen molar-refractivity contribution in [2.45, 2.75) is 26.3 Å². The summed E-state index contributed by atoms with van der Waals surface area (Å²) < 4.78 is 0. The van der Waals surface area contributed by atoms with Crippen LogP contribution in [0.25, 0.3) is 0 Å². The zero-order valence-electron chi connectivity index (χ0n) is 11.3. The molecule has 2 rings (SSSR count). The topological polar surface area (TPSA) is 60.2 Å². The molecule has 0 saturated carbocycles. The minimum absolute atomic E-state index is 0.0251. The number of carbonyl (C=O) groups excluding carboxylic acids is 1. The molecule has 1 fully saturated rings. The van der Waals surface area contributed by atoms with E-state index in [0.717, 1.165) is 24.5 Å². The maximum atomic E-state index is 12.2. The summed E-state index contributed by atoms with van der Waals surface area (Å²) in [6.07, 6.45) is 2.48. The van der Waals surface area contributed by atoms with Crippen molar-refractivity contribution < 1.29 is 4.79 Å². The molecular formula is C13H18N4OS. The zero-order chi connectivity index (χ0) is 13.8. The second-order valence-corrected chi connectivity index (χ2v) is 5.86. The van der Waals surface area contributed by atoms with Gasteiger partial charge in [0.2, 0.25) is 0 Å². The van der Waals surface area contributed by atoms with E-state index in [2.05, 4.69) is 16.0 Å². The van der Waals surface area contributed by atoms with Crippen molar-refractivity contribution in [1.29, 1.82) is 5.26 Å². The van der Waals surface area contributed by atoms with E-state index >= 15 is 0 Å². The summed E-state index contributed by atoms with van der Waals surface area (Å²) >= 11 is 1.44. The molecular weight excluding hydrogens is 260 g/mol. The predicted octanol–water partition coefficient (Wildman–Crippen LogP) is 1.51. The highest BCUT2D eigenvalue weighted by Gasteiger charge is 2.26. The maximum absolute atomic E-state index is 12.2. The number of nitriles is 1. The molecule has 0 aliphatic carbocycles. The first-order valence-corrected chi connectivity index (χ1v) is 7.32. The first-order chi connectivity index (χ1) is 9.15. The van der Waals surface area contributed by atoms with Crippen LogP contribution in [0.3, 0.4) is 0 Å². The smallest absolute Gasteiger partial charge is 0.265 e. The molecule has 0 aromatic carbocycles. The zero-order valence-corrected chi connectivity index (χ0v) is 12.1. The van der Waals surface area contributed by atoms with E-state index in [0.29, 0.717) is 18.0 Å². The van der Waals surface area contributed by atoms with Crippen LogP contribution in [0.4, 0.5) is 0 Å². The quantitative estimate of drug-likeness (QED) is 0.841. The van der Waals surface area contributed by atoms with Gasteiger partial charge in [-0.2, -0.15) is 5.26 Å². The van der Waals surface area contributed by atoms with Crippen molar-refractivity contribution in [3.63, 3.8) is 0 Å². The fourth-order valence-corrected chi connectivity index (χ4v) is 3.03. The summed E-state index contributed by atoms with van der Waals surface area (Å²) in [6, 6.07) is 2.29. The Kier molecular flexibility index (Phi) is 4.51. The molecule has 1 aliphatic heterocycles. The van der Waals surface area contributed by atoms with Crippen LogP contribution in [0.5, 0.6) is 0 Å². The van der Waals surface area contributed by atoms with Gasteiger partial charge in [0, 0.05) is 26.2 Å². The Bertz CT molecular complexity index is 485. The second-order valence-electron chi connectivity index (χ2n) is 4.62. The first-order valence-electron chi connectivity index (χ1n) is 6.51. The van der Waals surface area contributed by atoms with Gasteiger partial charge < -0.3 is 4.90 Å². The number of aryl methyl sites for hydroxylation is 1. The Morgan fingerprint density at radius 1 is 1.53 bits per heavy atom. The summed E-state index contributed by atoms with van der Waals surface area (Å²) in [5.74, 6) is 0.0651. The lowest BCUT2D eigenvalue weighted by molar-refractivity contribution is 0.0609. The van der Waals surface area contributed by atoms with Gasteiger partial charge in [-0.25, -0.2) is 4.98 Å². The molecule has 0 bridgehead atoms. The number of thiazole rings is 1. The number of carbonyl (C=O) groups is 1. The third-order valence-electron chi connectivity index (χ3n) is 3.41. The first kappa shape index (κ1) is 14.0. The van der Waals surface area contributed by atoms with Crippen LogP contribution < -0.4 is 0 Å². The maximum Gasteiger partial charge on any atom is 0.265 e. The Balaban J connectivity index is 1.93. The number of piperazine rings is 1. The average molecular weight is 278 g/mol. The second kappa shape index (κ2) is 6.13. The van der Waals surface area contributed by atoms with Crippen molar-refractivity contribution in [1.82, 2.24) is 14.8 Å². The number of rotatable bonds is 3. The van der Waals surface area contributed by atoms with Gasteiger partial charge in [-0.1, -0.05) is 6.92 Å². The molecule has 1 atom stereocenters. The van der Waals surface area contributed by atoms with Crippen LogP contribution in [0.2, 0.25) is 0 Å². The van der Waals surface area contributed by atoms with E-state index in [9.17, 15) is 4.79 Å². The van der Waals surface area contributed by atoms with Crippen molar-refractivity contribution in [2.75, 3.05) is 26.2 Å². The van der Waals surface area contributed by atoms with Crippen LogP contribution in [0.1, 0.15) is 28.0 Å². The van der Waals surface area contributed by atoms with E-state index in [1.807, 2.05) is 18.7 Å². The van der Waals surface area contributed by atoms with E-state index < -0.39 is 0 Å². The van der Waals surface area contributed by atoms with Gasteiger partial charge in [-0.05, 0) is 13.3 Å². The highest BCUT2D eigenvalue weighted by molar-refractivity contribution is 7.13. The average Bonchev–Trinajstić information content (AvgIpc) is 2.87. The molecule has 1 amide bonds. The highest BCUT2D eigenvalue weighted by Crippen LogP contribution is 2.16. The molecule has 5 nitrogen and oxygen atoms in total. The van der Waals surface area contributed by atoms with Gasteiger partial charge in [-0.3, -0.25) is 9.69 Å².